The molecule has 0 aliphatic rings. The molecule has 1 aromatic carbocycles. The van der Waals surface area contributed by atoms with E-state index >= 15 is 0 Å². The maximum absolute atomic E-state index is 11.0. The van der Waals surface area contributed by atoms with Crippen LogP contribution in [-0.4, -0.2) is 29.6 Å². The second kappa shape index (κ2) is 5.62. The van der Waals surface area contributed by atoms with Crippen molar-refractivity contribution in [2.45, 2.75) is 13.0 Å². The van der Waals surface area contributed by atoms with Gasteiger partial charge in [0.25, 0.3) is 5.69 Å². The van der Waals surface area contributed by atoms with Gasteiger partial charge in [-0.25, -0.2) is 0 Å². The Labute approximate surface area is 110 Å². The maximum atomic E-state index is 11.0. The molecule has 1 atom stereocenters. The quantitative estimate of drug-likeness (QED) is 0.659. The summed E-state index contributed by atoms with van der Waals surface area (Å²) in [6, 6.07) is 6.40. The van der Waals surface area contributed by atoms with Gasteiger partial charge in [-0.1, -0.05) is 0 Å². The summed E-state index contributed by atoms with van der Waals surface area (Å²) in [5.74, 6) is 0.559. The summed E-state index contributed by atoms with van der Waals surface area (Å²) >= 11 is 0. The van der Waals surface area contributed by atoms with Crippen molar-refractivity contribution in [3.63, 3.8) is 0 Å². The summed E-state index contributed by atoms with van der Waals surface area (Å²) < 4.78 is 5.76. The molecule has 1 N–H and O–H groups in total. The first-order chi connectivity index (χ1) is 9.13. The van der Waals surface area contributed by atoms with Crippen LogP contribution in [0.25, 0.3) is 10.9 Å². The lowest BCUT2D eigenvalue weighted by Crippen LogP contribution is -2.26. The molecule has 0 saturated heterocycles. The third-order valence-electron chi connectivity index (χ3n) is 2.73. The SMILES string of the molecule is CNCC(C)Oc1ccc([N+](=O)[O-])c2cccnc12. The second-order valence-electron chi connectivity index (χ2n) is 4.23. The molecule has 6 heteroatoms. The van der Waals surface area contributed by atoms with E-state index in [4.69, 9.17) is 4.74 Å². The molecule has 2 rings (SSSR count). The highest BCUT2D eigenvalue weighted by Crippen LogP contribution is 2.31. The van der Waals surface area contributed by atoms with Gasteiger partial charge in [0, 0.05) is 18.8 Å². The molecular formula is C13H15N3O3. The molecule has 0 saturated carbocycles. The largest absolute Gasteiger partial charge is 0.487 e. The van der Waals surface area contributed by atoms with Gasteiger partial charge in [-0.3, -0.25) is 15.1 Å². The minimum absolute atomic E-state index is 0.0386. The number of nitro benzene ring substituents is 1. The summed E-state index contributed by atoms with van der Waals surface area (Å²) in [7, 11) is 1.84. The van der Waals surface area contributed by atoms with Gasteiger partial charge in [0.1, 0.15) is 17.4 Å². The van der Waals surface area contributed by atoms with Gasteiger partial charge in [0.2, 0.25) is 0 Å². The van der Waals surface area contributed by atoms with E-state index in [-0.39, 0.29) is 11.8 Å². The van der Waals surface area contributed by atoms with E-state index in [1.165, 1.54) is 6.07 Å². The third kappa shape index (κ3) is 2.79. The number of benzene rings is 1. The number of nitro groups is 1. The normalized spacial score (nSPS) is 12.3. The number of ether oxygens (including phenoxy) is 1. The van der Waals surface area contributed by atoms with Crippen molar-refractivity contribution in [3.8, 4) is 5.75 Å². The summed E-state index contributed by atoms with van der Waals surface area (Å²) in [5.41, 5.74) is 0.552. The average Bonchev–Trinajstić information content (AvgIpc) is 2.39. The number of hydrogen-bond acceptors (Lipinski definition) is 5. The molecule has 0 aliphatic carbocycles. The van der Waals surface area contributed by atoms with E-state index < -0.39 is 4.92 Å². The number of aromatic nitrogens is 1. The van der Waals surface area contributed by atoms with Gasteiger partial charge in [-0.2, -0.15) is 0 Å². The topological polar surface area (TPSA) is 77.3 Å². The van der Waals surface area contributed by atoms with E-state index in [0.717, 1.165) is 0 Å². The van der Waals surface area contributed by atoms with Crippen LogP contribution in [0.2, 0.25) is 0 Å². The molecule has 2 aromatic rings. The van der Waals surface area contributed by atoms with Crippen molar-refractivity contribution in [2.75, 3.05) is 13.6 Å². The predicted molar refractivity (Wildman–Crippen MR) is 72.4 cm³/mol. The summed E-state index contributed by atoms with van der Waals surface area (Å²) in [6.45, 7) is 2.61. The van der Waals surface area contributed by atoms with E-state index in [2.05, 4.69) is 10.3 Å². The zero-order valence-corrected chi connectivity index (χ0v) is 10.8. The number of rotatable bonds is 5. The summed E-state index contributed by atoms with van der Waals surface area (Å²) in [5, 5.41) is 14.5. The number of nitrogens with one attached hydrogen (secondary N) is 1. The molecular weight excluding hydrogens is 246 g/mol. The minimum atomic E-state index is -0.412. The molecule has 0 spiro atoms. The molecule has 1 unspecified atom stereocenters. The van der Waals surface area contributed by atoms with Crippen molar-refractivity contribution in [2.24, 2.45) is 0 Å². The molecule has 100 valence electrons. The zero-order chi connectivity index (χ0) is 13.8. The molecule has 0 fully saturated rings. The maximum Gasteiger partial charge on any atom is 0.279 e. The Balaban J connectivity index is 2.46. The predicted octanol–water partition coefficient (Wildman–Crippen LogP) is 2.13. The number of non-ortho nitro benzene ring substituents is 1. The van der Waals surface area contributed by atoms with Crippen molar-refractivity contribution in [1.82, 2.24) is 10.3 Å². The van der Waals surface area contributed by atoms with Crippen LogP contribution in [0.15, 0.2) is 30.5 Å². The Morgan fingerprint density at radius 1 is 1.47 bits per heavy atom. The lowest BCUT2D eigenvalue weighted by atomic mass is 10.1. The fourth-order valence-electron chi connectivity index (χ4n) is 1.93. The lowest BCUT2D eigenvalue weighted by molar-refractivity contribution is -0.383. The van der Waals surface area contributed by atoms with E-state index in [0.29, 0.717) is 23.2 Å². The Hall–Kier alpha value is -2.21. The fraction of sp³-hybridized carbons (Fsp3) is 0.308. The average molecular weight is 261 g/mol. The highest BCUT2D eigenvalue weighted by Gasteiger charge is 2.16. The van der Waals surface area contributed by atoms with Crippen LogP contribution in [0.1, 0.15) is 6.92 Å². The van der Waals surface area contributed by atoms with Crippen LogP contribution in [0.3, 0.4) is 0 Å². The molecule has 0 aliphatic heterocycles. The summed E-state index contributed by atoms with van der Waals surface area (Å²) in [4.78, 5) is 14.8. The molecule has 1 aromatic heterocycles. The number of pyridine rings is 1. The van der Waals surface area contributed by atoms with Crippen LogP contribution >= 0.6 is 0 Å². The van der Waals surface area contributed by atoms with Crippen LogP contribution in [-0.2, 0) is 0 Å². The highest BCUT2D eigenvalue weighted by molar-refractivity contribution is 5.92. The number of fused-ring (bicyclic) bond motifs is 1. The van der Waals surface area contributed by atoms with Crippen molar-refractivity contribution in [1.29, 1.82) is 0 Å². The molecule has 0 amide bonds. The van der Waals surface area contributed by atoms with Crippen LogP contribution in [0.5, 0.6) is 5.75 Å². The first-order valence-corrected chi connectivity index (χ1v) is 5.97. The Bertz CT molecular complexity index is 601. The van der Waals surface area contributed by atoms with Crippen LogP contribution < -0.4 is 10.1 Å². The third-order valence-corrected chi connectivity index (χ3v) is 2.73. The van der Waals surface area contributed by atoms with Gasteiger partial charge in [0.15, 0.2) is 0 Å². The van der Waals surface area contributed by atoms with Gasteiger partial charge in [-0.15, -0.1) is 0 Å². The van der Waals surface area contributed by atoms with Crippen molar-refractivity contribution >= 4 is 16.6 Å². The first-order valence-electron chi connectivity index (χ1n) is 5.97. The van der Waals surface area contributed by atoms with Crippen molar-refractivity contribution in [3.05, 3.63) is 40.6 Å². The van der Waals surface area contributed by atoms with Crippen LogP contribution in [0, 0.1) is 10.1 Å². The fourth-order valence-corrected chi connectivity index (χ4v) is 1.93. The molecule has 19 heavy (non-hydrogen) atoms. The zero-order valence-electron chi connectivity index (χ0n) is 10.8. The van der Waals surface area contributed by atoms with Gasteiger partial charge >= 0.3 is 0 Å². The smallest absolute Gasteiger partial charge is 0.279 e. The van der Waals surface area contributed by atoms with Gasteiger partial charge in [-0.05, 0) is 32.2 Å². The Morgan fingerprint density at radius 3 is 2.95 bits per heavy atom. The number of nitrogens with zero attached hydrogens (tertiary/aromatic N) is 2. The van der Waals surface area contributed by atoms with Gasteiger partial charge < -0.3 is 10.1 Å². The Kier molecular flexibility index (Phi) is 3.91. The monoisotopic (exact) mass is 261 g/mol. The summed E-state index contributed by atoms with van der Waals surface area (Å²) in [6.07, 6.45) is 1.55. The second-order valence-corrected chi connectivity index (χ2v) is 4.23. The van der Waals surface area contributed by atoms with Crippen molar-refractivity contribution < 1.29 is 9.66 Å². The van der Waals surface area contributed by atoms with E-state index in [1.54, 1.807) is 24.4 Å². The number of hydrogen-bond donors (Lipinski definition) is 1. The minimum Gasteiger partial charge on any atom is -0.487 e. The van der Waals surface area contributed by atoms with Gasteiger partial charge in [0.05, 0.1) is 10.3 Å². The molecule has 1 heterocycles. The first kappa shape index (κ1) is 13.2. The highest BCUT2D eigenvalue weighted by atomic mass is 16.6. The number of likely N-dealkylation sites (N-methyl/N-ethyl adjacent to an activating group) is 1. The van der Waals surface area contributed by atoms with E-state index in [9.17, 15) is 10.1 Å². The van der Waals surface area contributed by atoms with E-state index in [1.807, 2.05) is 14.0 Å². The van der Waals surface area contributed by atoms with Crippen LogP contribution in [0.4, 0.5) is 5.69 Å². The Morgan fingerprint density at radius 2 is 2.26 bits per heavy atom. The molecule has 0 bridgehead atoms. The lowest BCUT2D eigenvalue weighted by Gasteiger charge is -2.15. The molecule has 0 radical (unpaired) electrons. The molecule has 6 nitrogen and oxygen atoms in total. The standard InChI is InChI=1S/C13H15N3O3/c1-9(8-14-2)19-12-6-5-11(16(17)18)10-4-3-7-15-13(10)12/h3-7,9,14H,8H2,1-2H3.